The monoisotopic (exact) mass is 482 g/mol. The van der Waals surface area contributed by atoms with E-state index in [0.29, 0.717) is 6.54 Å². The molecule has 0 aliphatic carbocycles. The third-order valence-electron chi connectivity index (χ3n) is 3.29. The lowest BCUT2D eigenvalue weighted by Gasteiger charge is -2.21. The Bertz CT molecular complexity index is 599. The van der Waals surface area contributed by atoms with E-state index in [-0.39, 0.29) is 12.0 Å². The lowest BCUT2D eigenvalue weighted by molar-refractivity contribution is 0.0525. The van der Waals surface area contributed by atoms with Crippen LogP contribution in [0.3, 0.4) is 0 Å². The SMILES string of the molecule is CC(C)(C)OC(=O)NCCCCN1CCSc2cc(I)sc2C1=O. The highest BCUT2D eigenvalue weighted by atomic mass is 127. The van der Waals surface area contributed by atoms with E-state index in [2.05, 4.69) is 34.0 Å². The Balaban J connectivity index is 1.73. The molecule has 0 fully saturated rings. The molecule has 2 rings (SSSR count). The molecule has 0 atom stereocenters. The van der Waals surface area contributed by atoms with Gasteiger partial charge in [0.15, 0.2) is 0 Å². The van der Waals surface area contributed by atoms with Crippen molar-refractivity contribution in [1.82, 2.24) is 10.2 Å². The van der Waals surface area contributed by atoms with Gasteiger partial charge in [-0.15, -0.1) is 23.1 Å². The maximum absolute atomic E-state index is 12.6. The third kappa shape index (κ3) is 6.11. The minimum absolute atomic E-state index is 0.142. The molecule has 0 unspecified atom stereocenters. The van der Waals surface area contributed by atoms with E-state index in [1.54, 1.807) is 23.1 Å². The molecule has 1 aromatic heterocycles. The smallest absolute Gasteiger partial charge is 0.407 e. The maximum Gasteiger partial charge on any atom is 0.407 e. The average Bonchev–Trinajstić information content (AvgIpc) is 2.77. The first-order chi connectivity index (χ1) is 11.3. The van der Waals surface area contributed by atoms with Crippen LogP contribution >= 0.6 is 45.7 Å². The zero-order chi connectivity index (χ0) is 17.7. The van der Waals surface area contributed by atoms with Gasteiger partial charge in [0.2, 0.25) is 0 Å². The van der Waals surface area contributed by atoms with Crippen molar-refractivity contribution in [1.29, 1.82) is 0 Å². The maximum atomic E-state index is 12.6. The van der Waals surface area contributed by atoms with E-state index in [1.165, 1.54) is 0 Å². The molecule has 1 aliphatic rings. The number of hydrogen-bond acceptors (Lipinski definition) is 5. The highest BCUT2D eigenvalue weighted by molar-refractivity contribution is 14.1. The molecule has 5 nitrogen and oxygen atoms in total. The molecule has 1 aliphatic heterocycles. The molecule has 2 amide bonds. The fourth-order valence-electron chi connectivity index (χ4n) is 2.26. The second kappa shape index (κ2) is 8.75. The number of rotatable bonds is 5. The van der Waals surface area contributed by atoms with E-state index < -0.39 is 5.60 Å². The van der Waals surface area contributed by atoms with Crippen LogP contribution in [-0.2, 0) is 4.74 Å². The van der Waals surface area contributed by atoms with Gasteiger partial charge in [0.05, 0.1) is 2.88 Å². The van der Waals surface area contributed by atoms with Crippen LogP contribution in [-0.4, -0.2) is 47.9 Å². The van der Waals surface area contributed by atoms with Crippen LogP contribution in [0.25, 0.3) is 0 Å². The number of alkyl carbamates (subject to hydrolysis) is 1. The van der Waals surface area contributed by atoms with E-state index in [9.17, 15) is 9.59 Å². The van der Waals surface area contributed by atoms with E-state index in [4.69, 9.17) is 4.74 Å². The predicted molar refractivity (Wildman–Crippen MR) is 107 cm³/mol. The number of nitrogens with one attached hydrogen (secondary N) is 1. The summed E-state index contributed by atoms with van der Waals surface area (Å²) in [5.74, 6) is 1.07. The number of carbonyl (C=O) groups is 2. The number of ether oxygens (including phenoxy) is 1. The minimum Gasteiger partial charge on any atom is -0.444 e. The van der Waals surface area contributed by atoms with Crippen molar-refractivity contribution in [3.05, 3.63) is 13.8 Å². The first-order valence-electron chi connectivity index (χ1n) is 7.94. The fourth-order valence-corrected chi connectivity index (χ4v) is 5.52. The summed E-state index contributed by atoms with van der Waals surface area (Å²) in [6.45, 7) is 7.60. The van der Waals surface area contributed by atoms with Gasteiger partial charge in [-0.05, 0) is 62.3 Å². The molecular formula is C16H23IN2O3S2. The topological polar surface area (TPSA) is 58.6 Å². The zero-order valence-corrected chi connectivity index (χ0v) is 18.0. The number of thiophene rings is 1. The summed E-state index contributed by atoms with van der Waals surface area (Å²) in [7, 11) is 0. The van der Waals surface area contributed by atoms with Crippen molar-refractivity contribution < 1.29 is 14.3 Å². The van der Waals surface area contributed by atoms with E-state index in [1.807, 2.05) is 25.7 Å². The molecule has 0 radical (unpaired) electrons. The standard InChI is InChI=1S/C16H23IN2O3S2/c1-16(2,3)22-15(21)18-6-4-5-7-19-8-9-23-11-10-12(17)24-13(11)14(19)20/h10H,4-9H2,1-3H3,(H,18,21). The lowest BCUT2D eigenvalue weighted by atomic mass is 10.2. The van der Waals surface area contributed by atoms with Gasteiger partial charge >= 0.3 is 6.09 Å². The van der Waals surface area contributed by atoms with Gasteiger partial charge in [-0.2, -0.15) is 0 Å². The van der Waals surface area contributed by atoms with Crippen LogP contribution in [0.15, 0.2) is 11.0 Å². The largest absolute Gasteiger partial charge is 0.444 e. The molecule has 0 aromatic carbocycles. The van der Waals surface area contributed by atoms with Crippen LogP contribution in [0.5, 0.6) is 0 Å². The average molecular weight is 482 g/mol. The summed E-state index contributed by atoms with van der Waals surface area (Å²) >= 11 is 5.60. The Morgan fingerprint density at radius 2 is 2.17 bits per heavy atom. The molecule has 2 heterocycles. The molecule has 24 heavy (non-hydrogen) atoms. The van der Waals surface area contributed by atoms with Gasteiger partial charge < -0.3 is 15.0 Å². The Morgan fingerprint density at radius 1 is 1.42 bits per heavy atom. The summed E-state index contributed by atoms with van der Waals surface area (Å²) in [5, 5.41) is 2.75. The van der Waals surface area contributed by atoms with Crippen LogP contribution in [0.4, 0.5) is 4.79 Å². The first-order valence-corrected chi connectivity index (χ1v) is 10.8. The van der Waals surface area contributed by atoms with Crippen molar-refractivity contribution in [2.75, 3.05) is 25.4 Å². The molecule has 0 spiro atoms. The zero-order valence-electron chi connectivity index (χ0n) is 14.2. The van der Waals surface area contributed by atoms with Crippen molar-refractivity contribution in [3.63, 3.8) is 0 Å². The molecule has 1 aromatic rings. The summed E-state index contributed by atoms with van der Waals surface area (Å²) in [4.78, 5) is 28.1. The van der Waals surface area contributed by atoms with Gasteiger partial charge in [0, 0.05) is 30.3 Å². The Kier molecular flexibility index (Phi) is 7.23. The third-order valence-corrected chi connectivity index (χ3v) is 6.32. The van der Waals surface area contributed by atoms with Crippen LogP contribution in [0.2, 0.25) is 0 Å². The number of unbranched alkanes of at least 4 members (excludes halogenated alkanes) is 1. The Hall–Kier alpha value is -0.480. The Labute approximate surface area is 165 Å². The van der Waals surface area contributed by atoms with E-state index >= 15 is 0 Å². The molecular weight excluding hydrogens is 459 g/mol. The van der Waals surface area contributed by atoms with Gasteiger partial charge in [-0.25, -0.2) is 4.79 Å². The van der Waals surface area contributed by atoms with E-state index in [0.717, 1.165) is 44.3 Å². The number of halogens is 1. The quantitative estimate of drug-likeness (QED) is 0.505. The summed E-state index contributed by atoms with van der Waals surface area (Å²) in [6.07, 6.45) is 1.30. The first kappa shape index (κ1) is 19.8. The Morgan fingerprint density at radius 3 is 2.88 bits per heavy atom. The molecule has 0 bridgehead atoms. The fraction of sp³-hybridized carbons (Fsp3) is 0.625. The lowest BCUT2D eigenvalue weighted by Crippen LogP contribution is -2.34. The van der Waals surface area contributed by atoms with Crippen molar-refractivity contribution >= 4 is 57.7 Å². The summed E-state index contributed by atoms with van der Waals surface area (Å²) in [5.41, 5.74) is -0.476. The summed E-state index contributed by atoms with van der Waals surface area (Å²) < 4.78 is 6.35. The highest BCUT2D eigenvalue weighted by Crippen LogP contribution is 2.35. The number of carbonyl (C=O) groups excluding carboxylic acids is 2. The molecule has 134 valence electrons. The van der Waals surface area contributed by atoms with Crippen LogP contribution in [0.1, 0.15) is 43.3 Å². The van der Waals surface area contributed by atoms with Crippen LogP contribution < -0.4 is 5.32 Å². The number of fused-ring (bicyclic) bond motifs is 1. The number of amides is 2. The second-order valence-electron chi connectivity index (χ2n) is 6.52. The number of hydrogen-bond donors (Lipinski definition) is 1. The van der Waals surface area contributed by atoms with Crippen molar-refractivity contribution in [2.45, 2.75) is 44.1 Å². The summed E-state index contributed by atoms with van der Waals surface area (Å²) in [6, 6.07) is 2.09. The molecule has 8 heteroatoms. The number of thioether (sulfide) groups is 1. The van der Waals surface area contributed by atoms with Gasteiger partial charge in [-0.3, -0.25) is 4.79 Å². The van der Waals surface area contributed by atoms with Crippen LogP contribution in [0, 0.1) is 2.88 Å². The second-order valence-corrected chi connectivity index (χ2v) is 10.6. The normalized spacial score (nSPS) is 15.0. The number of nitrogens with zero attached hydrogens (tertiary/aromatic N) is 1. The molecule has 0 saturated heterocycles. The predicted octanol–water partition coefficient (Wildman–Crippen LogP) is 4.21. The van der Waals surface area contributed by atoms with Gasteiger partial charge in [-0.1, -0.05) is 0 Å². The highest BCUT2D eigenvalue weighted by Gasteiger charge is 2.24. The molecule has 0 saturated carbocycles. The van der Waals surface area contributed by atoms with Crippen molar-refractivity contribution in [2.24, 2.45) is 0 Å². The van der Waals surface area contributed by atoms with Gasteiger partial charge in [0.25, 0.3) is 5.91 Å². The van der Waals surface area contributed by atoms with Crippen molar-refractivity contribution in [3.8, 4) is 0 Å². The minimum atomic E-state index is -0.476. The van der Waals surface area contributed by atoms with Gasteiger partial charge in [0.1, 0.15) is 10.5 Å². The molecule has 1 N–H and O–H groups in total.